The lowest BCUT2D eigenvalue weighted by molar-refractivity contribution is -0.137. The molecule has 9 heteroatoms. The summed E-state index contributed by atoms with van der Waals surface area (Å²) in [6, 6.07) is 4.20. The molecule has 2 saturated heterocycles. The van der Waals surface area contributed by atoms with Gasteiger partial charge in [0.15, 0.2) is 0 Å². The summed E-state index contributed by atoms with van der Waals surface area (Å²) in [6.07, 6.45) is -2.71. The van der Waals surface area contributed by atoms with Crippen LogP contribution in [0, 0.1) is 0 Å². The van der Waals surface area contributed by atoms with Crippen molar-refractivity contribution >= 4 is 17.6 Å². The van der Waals surface area contributed by atoms with Gasteiger partial charge in [0, 0.05) is 26.2 Å². The second-order valence-electron chi connectivity index (χ2n) is 6.92. The van der Waals surface area contributed by atoms with E-state index in [1.54, 1.807) is 4.90 Å². The molecule has 1 aromatic carbocycles. The summed E-state index contributed by atoms with van der Waals surface area (Å²) in [5.41, 5.74) is -1.14. The third-order valence-corrected chi connectivity index (χ3v) is 5.16. The summed E-state index contributed by atoms with van der Waals surface area (Å²) in [5, 5.41) is 2.35. The van der Waals surface area contributed by atoms with Gasteiger partial charge < -0.3 is 15.1 Å². The van der Waals surface area contributed by atoms with Gasteiger partial charge in [-0.1, -0.05) is 12.1 Å². The van der Waals surface area contributed by atoms with Gasteiger partial charge in [-0.25, -0.2) is 4.79 Å². The largest absolute Gasteiger partial charge is 0.418 e. The van der Waals surface area contributed by atoms with Crippen LogP contribution in [-0.2, 0) is 11.0 Å². The van der Waals surface area contributed by atoms with Crippen LogP contribution >= 0.6 is 0 Å². The molecule has 148 valence electrons. The summed E-state index contributed by atoms with van der Waals surface area (Å²) < 4.78 is 39.1. The lowest BCUT2D eigenvalue weighted by atomic mass is 10.1. The fourth-order valence-electron chi connectivity index (χ4n) is 3.60. The first-order valence-electron chi connectivity index (χ1n) is 8.98. The van der Waals surface area contributed by atoms with Gasteiger partial charge in [-0.15, -0.1) is 0 Å². The number of carbonyl (C=O) groups is 2. The number of carbonyl (C=O) groups excluding carboxylic acids is 2. The normalized spacial score (nSPS) is 21.4. The molecule has 2 aliphatic rings. The zero-order valence-corrected chi connectivity index (χ0v) is 15.1. The highest BCUT2D eigenvalue weighted by Crippen LogP contribution is 2.34. The molecule has 0 spiro atoms. The minimum absolute atomic E-state index is 0.0671. The second-order valence-corrected chi connectivity index (χ2v) is 6.92. The van der Waals surface area contributed by atoms with E-state index in [0.29, 0.717) is 26.2 Å². The minimum Gasteiger partial charge on any atom is -0.338 e. The van der Waals surface area contributed by atoms with Crippen LogP contribution in [0.1, 0.15) is 18.4 Å². The van der Waals surface area contributed by atoms with E-state index in [1.165, 1.54) is 23.1 Å². The number of nitrogens with one attached hydrogen (secondary N) is 1. The molecule has 0 aliphatic carbocycles. The number of nitrogens with zero attached hydrogens (tertiary/aromatic N) is 3. The smallest absolute Gasteiger partial charge is 0.338 e. The number of benzene rings is 1. The summed E-state index contributed by atoms with van der Waals surface area (Å²) in [4.78, 5) is 30.2. The first-order valence-corrected chi connectivity index (χ1v) is 8.98. The molecule has 3 rings (SSSR count). The molecule has 1 atom stereocenters. The van der Waals surface area contributed by atoms with Crippen LogP contribution in [0.2, 0.25) is 0 Å². The number of alkyl halides is 3. The van der Waals surface area contributed by atoms with Gasteiger partial charge >= 0.3 is 12.2 Å². The van der Waals surface area contributed by atoms with E-state index in [0.717, 1.165) is 25.5 Å². The van der Waals surface area contributed by atoms with Gasteiger partial charge in [-0.3, -0.25) is 9.69 Å². The Bertz CT molecular complexity index is 702. The van der Waals surface area contributed by atoms with Crippen molar-refractivity contribution in [2.24, 2.45) is 0 Å². The maximum Gasteiger partial charge on any atom is 0.418 e. The van der Waals surface area contributed by atoms with E-state index in [-0.39, 0.29) is 17.6 Å². The number of urea groups is 1. The molecule has 0 saturated carbocycles. The molecule has 3 amide bonds. The number of amides is 3. The van der Waals surface area contributed by atoms with E-state index in [9.17, 15) is 22.8 Å². The molecule has 0 radical (unpaired) electrons. The van der Waals surface area contributed by atoms with Crippen LogP contribution in [0.15, 0.2) is 24.3 Å². The fourth-order valence-corrected chi connectivity index (χ4v) is 3.60. The summed E-state index contributed by atoms with van der Waals surface area (Å²) in [5.74, 6) is 0.0671. The SMILES string of the molecule is CN1CCCC1C(=O)N1CCN(C(=O)Nc2ccccc2C(F)(F)F)CC1. The third kappa shape index (κ3) is 4.35. The Morgan fingerprint density at radius 2 is 1.67 bits per heavy atom. The van der Waals surface area contributed by atoms with Gasteiger partial charge in [0.1, 0.15) is 0 Å². The molecule has 0 aromatic heterocycles. The van der Waals surface area contributed by atoms with E-state index in [1.807, 2.05) is 11.9 Å². The monoisotopic (exact) mass is 384 g/mol. The average molecular weight is 384 g/mol. The molecular formula is C18H23F3N4O2. The molecule has 27 heavy (non-hydrogen) atoms. The highest BCUT2D eigenvalue weighted by atomic mass is 19.4. The molecule has 2 aliphatic heterocycles. The summed E-state index contributed by atoms with van der Waals surface area (Å²) in [7, 11) is 1.93. The first kappa shape index (κ1) is 19.5. The van der Waals surface area contributed by atoms with Crippen molar-refractivity contribution < 1.29 is 22.8 Å². The number of para-hydroxylation sites is 1. The standard InChI is InChI=1S/C18H23F3N4O2/c1-23-8-4-7-15(23)16(26)24-9-11-25(12-10-24)17(27)22-14-6-3-2-5-13(14)18(19,20)21/h2-3,5-6,15H,4,7-12H2,1H3,(H,22,27). The maximum atomic E-state index is 13.0. The predicted octanol–water partition coefficient (Wildman–Crippen LogP) is 2.48. The topological polar surface area (TPSA) is 55.9 Å². The van der Waals surface area contributed by atoms with Crippen LogP contribution in [0.3, 0.4) is 0 Å². The van der Waals surface area contributed by atoms with Gasteiger partial charge in [-0.2, -0.15) is 13.2 Å². The van der Waals surface area contributed by atoms with Crippen LogP contribution in [0.5, 0.6) is 0 Å². The molecule has 0 bridgehead atoms. The van der Waals surface area contributed by atoms with Gasteiger partial charge in [-0.05, 0) is 38.6 Å². The van der Waals surface area contributed by atoms with Crippen molar-refractivity contribution in [1.82, 2.24) is 14.7 Å². The molecule has 1 N–H and O–H groups in total. The zero-order valence-electron chi connectivity index (χ0n) is 15.1. The van der Waals surface area contributed by atoms with Gasteiger partial charge in [0.2, 0.25) is 5.91 Å². The summed E-state index contributed by atoms with van der Waals surface area (Å²) >= 11 is 0. The predicted molar refractivity (Wildman–Crippen MR) is 94.3 cm³/mol. The highest BCUT2D eigenvalue weighted by molar-refractivity contribution is 5.90. The first-order chi connectivity index (χ1) is 12.8. The molecule has 2 fully saturated rings. The Hall–Kier alpha value is -2.29. The second kappa shape index (κ2) is 7.75. The Labute approximate surface area is 155 Å². The maximum absolute atomic E-state index is 13.0. The van der Waals surface area contributed by atoms with E-state index in [2.05, 4.69) is 5.32 Å². The Kier molecular flexibility index (Phi) is 5.59. The highest BCUT2D eigenvalue weighted by Gasteiger charge is 2.35. The van der Waals surface area contributed by atoms with Crippen molar-refractivity contribution in [2.45, 2.75) is 25.1 Å². The zero-order chi connectivity index (χ0) is 19.6. The molecular weight excluding hydrogens is 361 g/mol. The Balaban J connectivity index is 1.57. The average Bonchev–Trinajstić information content (AvgIpc) is 3.06. The lowest BCUT2D eigenvalue weighted by Crippen LogP contribution is -2.55. The van der Waals surface area contributed by atoms with Crippen LogP contribution in [0.25, 0.3) is 0 Å². The van der Waals surface area contributed by atoms with Crippen LogP contribution in [0.4, 0.5) is 23.7 Å². The molecule has 1 aromatic rings. The van der Waals surface area contributed by atoms with Gasteiger partial charge in [0.05, 0.1) is 17.3 Å². The number of rotatable bonds is 2. The van der Waals surface area contributed by atoms with Crippen molar-refractivity contribution in [3.05, 3.63) is 29.8 Å². The number of hydrogen-bond acceptors (Lipinski definition) is 3. The Morgan fingerprint density at radius 1 is 1.04 bits per heavy atom. The number of piperazine rings is 1. The lowest BCUT2D eigenvalue weighted by Gasteiger charge is -2.36. The number of anilines is 1. The molecule has 6 nitrogen and oxygen atoms in total. The fraction of sp³-hybridized carbons (Fsp3) is 0.556. The number of hydrogen-bond donors (Lipinski definition) is 1. The Morgan fingerprint density at radius 3 is 2.26 bits per heavy atom. The molecule has 1 unspecified atom stereocenters. The van der Waals surface area contributed by atoms with Crippen molar-refractivity contribution in [1.29, 1.82) is 0 Å². The van der Waals surface area contributed by atoms with Gasteiger partial charge in [0.25, 0.3) is 0 Å². The number of halogens is 3. The minimum atomic E-state index is -4.54. The van der Waals surface area contributed by atoms with E-state index >= 15 is 0 Å². The van der Waals surface area contributed by atoms with Crippen molar-refractivity contribution in [2.75, 3.05) is 45.1 Å². The van der Waals surface area contributed by atoms with Crippen molar-refractivity contribution in [3.8, 4) is 0 Å². The van der Waals surface area contributed by atoms with Crippen molar-refractivity contribution in [3.63, 3.8) is 0 Å². The van der Waals surface area contributed by atoms with Crippen LogP contribution < -0.4 is 5.32 Å². The summed E-state index contributed by atoms with van der Waals surface area (Å²) in [6.45, 7) is 2.26. The number of likely N-dealkylation sites (N-methyl/N-ethyl adjacent to an activating group) is 1. The number of likely N-dealkylation sites (tertiary alicyclic amines) is 1. The quantitative estimate of drug-likeness (QED) is 0.852. The van der Waals surface area contributed by atoms with E-state index in [4.69, 9.17) is 0 Å². The van der Waals surface area contributed by atoms with Crippen LogP contribution in [-0.4, -0.2) is 72.5 Å². The third-order valence-electron chi connectivity index (χ3n) is 5.16. The molecule has 2 heterocycles. The van der Waals surface area contributed by atoms with E-state index < -0.39 is 17.8 Å².